The van der Waals surface area contributed by atoms with Gasteiger partial charge in [0.2, 0.25) is 11.8 Å². The normalized spacial score (nSPS) is 18.6. The third-order valence-electron chi connectivity index (χ3n) is 7.79. The van der Waals surface area contributed by atoms with Gasteiger partial charge in [0.15, 0.2) is 0 Å². The smallest absolute Gasteiger partial charge is 0.371 e. The lowest BCUT2D eigenvalue weighted by Gasteiger charge is -2.39. The molecule has 0 aromatic heterocycles. The number of benzene rings is 2. The Morgan fingerprint density at radius 1 is 0.872 bits per heavy atom. The minimum absolute atomic E-state index is 0.00669. The number of hydrogen-bond donors (Lipinski definition) is 0. The Morgan fingerprint density at radius 2 is 1.51 bits per heavy atom. The van der Waals surface area contributed by atoms with Gasteiger partial charge in [0.1, 0.15) is 0 Å². The monoisotopic (exact) mass is 542 g/mol. The number of nitrogens with zero attached hydrogens (tertiary/aromatic N) is 4. The quantitative estimate of drug-likeness (QED) is 0.554. The van der Waals surface area contributed by atoms with Crippen LogP contribution in [0.3, 0.4) is 0 Å². The van der Waals surface area contributed by atoms with E-state index in [1.165, 1.54) is 19.1 Å². The van der Waals surface area contributed by atoms with Gasteiger partial charge in [0.25, 0.3) is 11.8 Å². The second-order valence-corrected chi connectivity index (χ2v) is 10.2. The summed E-state index contributed by atoms with van der Waals surface area (Å²) in [4.78, 5) is 57.7. The Hall–Kier alpha value is -3.89. The number of halogens is 3. The summed E-state index contributed by atoms with van der Waals surface area (Å²) in [5.74, 6) is -1.15. The number of carbonyl (C=O) groups is 4. The maximum Gasteiger partial charge on any atom is 0.416 e. The number of alkyl halides is 3. The van der Waals surface area contributed by atoms with Crippen LogP contribution in [0.5, 0.6) is 0 Å². The minimum Gasteiger partial charge on any atom is -0.371 e. The highest BCUT2D eigenvalue weighted by Gasteiger charge is 2.40. The first kappa shape index (κ1) is 26.7. The summed E-state index contributed by atoms with van der Waals surface area (Å²) < 4.78 is 39.4. The molecule has 2 aromatic carbocycles. The molecule has 0 atom stereocenters. The van der Waals surface area contributed by atoms with E-state index in [4.69, 9.17) is 0 Å². The fraction of sp³-hybridized carbons (Fsp3) is 0.429. The maximum absolute atomic E-state index is 13.4. The van der Waals surface area contributed by atoms with Crippen molar-refractivity contribution in [1.29, 1.82) is 0 Å². The summed E-state index contributed by atoms with van der Waals surface area (Å²) in [6.45, 7) is 4.41. The lowest BCUT2D eigenvalue weighted by Crippen LogP contribution is -2.52. The molecule has 2 fully saturated rings. The van der Waals surface area contributed by atoms with E-state index < -0.39 is 23.6 Å². The average Bonchev–Trinajstić information content (AvgIpc) is 3.17. The predicted molar refractivity (Wildman–Crippen MR) is 136 cm³/mol. The topological polar surface area (TPSA) is 81.2 Å². The third-order valence-corrected chi connectivity index (χ3v) is 7.79. The second kappa shape index (κ2) is 10.3. The first-order valence-electron chi connectivity index (χ1n) is 13.0. The molecule has 0 N–H and O–H groups in total. The predicted octanol–water partition coefficient (Wildman–Crippen LogP) is 3.41. The average molecular weight is 543 g/mol. The molecule has 0 radical (unpaired) electrons. The van der Waals surface area contributed by atoms with E-state index in [1.54, 1.807) is 23.1 Å². The van der Waals surface area contributed by atoms with Crippen LogP contribution in [-0.2, 0) is 22.3 Å². The molecular formula is C28H29F3N4O4. The van der Waals surface area contributed by atoms with Crippen molar-refractivity contribution in [3.63, 3.8) is 0 Å². The Kier molecular flexibility index (Phi) is 7.09. The molecule has 206 valence electrons. The van der Waals surface area contributed by atoms with Crippen molar-refractivity contribution in [3.8, 4) is 0 Å². The first-order chi connectivity index (χ1) is 18.5. The SMILES string of the molecule is CC(=O)N1CCN(C(=O)C2CCN(c3cccc4c3C(=O)N(Cc3cccc(C(F)(F)F)c3)C4=O)CC2)CC1. The Bertz CT molecular complexity index is 1310. The summed E-state index contributed by atoms with van der Waals surface area (Å²) >= 11 is 0. The van der Waals surface area contributed by atoms with Crippen LogP contribution in [0.25, 0.3) is 0 Å². The molecule has 0 aliphatic carbocycles. The van der Waals surface area contributed by atoms with Crippen LogP contribution in [0.4, 0.5) is 18.9 Å². The van der Waals surface area contributed by atoms with Gasteiger partial charge in [0, 0.05) is 52.1 Å². The van der Waals surface area contributed by atoms with Crippen LogP contribution in [0.2, 0.25) is 0 Å². The number of piperazine rings is 1. The van der Waals surface area contributed by atoms with Gasteiger partial charge in [-0.15, -0.1) is 0 Å². The number of anilines is 1. The van der Waals surface area contributed by atoms with E-state index in [1.807, 2.05) is 9.80 Å². The Morgan fingerprint density at radius 3 is 2.15 bits per heavy atom. The van der Waals surface area contributed by atoms with Crippen molar-refractivity contribution >= 4 is 29.3 Å². The van der Waals surface area contributed by atoms with Crippen molar-refractivity contribution in [2.45, 2.75) is 32.5 Å². The highest BCUT2D eigenvalue weighted by Crippen LogP contribution is 2.36. The molecule has 5 rings (SSSR count). The van der Waals surface area contributed by atoms with Crippen LogP contribution in [0, 0.1) is 5.92 Å². The zero-order chi connectivity index (χ0) is 27.9. The van der Waals surface area contributed by atoms with Gasteiger partial charge in [-0.3, -0.25) is 24.1 Å². The number of amides is 4. The molecule has 11 heteroatoms. The van der Waals surface area contributed by atoms with Gasteiger partial charge in [0.05, 0.1) is 28.9 Å². The molecule has 0 saturated carbocycles. The van der Waals surface area contributed by atoms with Crippen LogP contribution < -0.4 is 4.90 Å². The van der Waals surface area contributed by atoms with Gasteiger partial charge in [-0.2, -0.15) is 13.2 Å². The van der Waals surface area contributed by atoms with Gasteiger partial charge in [-0.25, -0.2) is 0 Å². The molecular weight excluding hydrogens is 513 g/mol. The molecule has 4 amide bonds. The number of rotatable bonds is 4. The molecule has 0 spiro atoms. The fourth-order valence-corrected chi connectivity index (χ4v) is 5.62. The molecule has 8 nitrogen and oxygen atoms in total. The summed E-state index contributed by atoms with van der Waals surface area (Å²) in [6, 6.07) is 9.64. The Labute approximate surface area is 223 Å². The summed E-state index contributed by atoms with van der Waals surface area (Å²) in [5.41, 5.74) is 0.448. The van der Waals surface area contributed by atoms with Crippen molar-refractivity contribution in [2.24, 2.45) is 5.92 Å². The van der Waals surface area contributed by atoms with E-state index in [0.717, 1.165) is 17.0 Å². The minimum atomic E-state index is -4.53. The molecule has 3 heterocycles. The van der Waals surface area contributed by atoms with E-state index in [2.05, 4.69) is 0 Å². The van der Waals surface area contributed by atoms with Gasteiger partial charge >= 0.3 is 6.18 Å². The molecule has 3 aliphatic rings. The van der Waals surface area contributed by atoms with E-state index in [0.29, 0.717) is 57.8 Å². The maximum atomic E-state index is 13.4. The van der Waals surface area contributed by atoms with Crippen LogP contribution in [0.1, 0.15) is 51.6 Å². The van der Waals surface area contributed by atoms with Gasteiger partial charge < -0.3 is 14.7 Å². The highest BCUT2D eigenvalue weighted by atomic mass is 19.4. The summed E-state index contributed by atoms with van der Waals surface area (Å²) in [7, 11) is 0. The highest BCUT2D eigenvalue weighted by molar-refractivity contribution is 6.23. The van der Waals surface area contributed by atoms with Crippen molar-refractivity contribution in [2.75, 3.05) is 44.2 Å². The number of fused-ring (bicyclic) bond motifs is 1. The number of piperidine rings is 1. The van der Waals surface area contributed by atoms with Gasteiger partial charge in [-0.05, 0) is 42.7 Å². The molecule has 3 aliphatic heterocycles. The molecule has 2 saturated heterocycles. The lowest BCUT2D eigenvalue weighted by atomic mass is 9.93. The molecule has 2 aromatic rings. The molecule has 0 bridgehead atoms. The molecule has 0 unspecified atom stereocenters. The number of imide groups is 1. The zero-order valence-electron chi connectivity index (χ0n) is 21.5. The number of hydrogen-bond acceptors (Lipinski definition) is 5. The standard InChI is InChI=1S/C28H29F3N4O4/c1-18(36)32-12-14-34(15-13-32)25(37)20-8-10-33(11-9-20)23-7-3-6-22-24(23)27(39)35(26(22)38)17-19-4-2-5-21(16-19)28(29,30)31/h2-7,16,20H,8-15,17H2,1H3. The van der Waals surface area contributed by atoms with E-state index >= 15 is 0 Å². The van der Waals surface area contributed by atoms with Crippen molar-refractivity contribution in [3.05, 3.63) is 64.7 Å². The fourth-order valence-electron chi connectivity index (χ4n) is 5.62. The Balaban J connectivity index is 1.26. The molecule has 39 heavy (non-hydrogen) atoms. The van der Waals surface area contributed by atoms with E-state index in [9.17, 15) is 32.3 Å². The van der Waals surface area contributed by atoms with Crippen molar-refractivity contribution in [1.82, 2.24) is 14.7 Å². The van der Waals surface area contributed by atoms with Crippen molar-refractivity contribution < 1.29 is 32.3 Å². The van der Waals surface area contributed by atoms with Crippen LogP contribution in [-0.4, -0.2) is 77.6 Å². The lowest BCUT2D eigenvalue weighted by molar-refractivity contribution is -0.141. The largest absolute Gasteiger partial charge is 0.416 e. The first-order valence-corrected chi connectivity index (χ1v) is 13.0. The third kappa shape index (κ3) is 5.22. The zero-order valence-corrected chi connectivity index (χ0v) is 21.5. The summed E-state index contributed by atoms with van der Waals surface area (Å²) in [6.07, 6.45) is -3.35. The second-order valence-electron chi connectivity index (χ2n) is 10.2. The number of carbonyl (C=O) groups excluding carboxylic acids is 4. The van der Waals surface area contributed by atoms with Crippen LogP contribution in [0.15, 0.2) is 42.5 Å². The van der Waals surface area contributed by atoms with Crippen LogP contribution >= 0.6 is 0 Å². The summed E-state index contributed by atoms with van der Waals surface area (Å²) in [5, 5.41) is 0. The van der Waals surface area contributed by atoms with Gasteiger partial charge in [-0.1, -0.05) is 18.2 Å². The van der Waals surface area contributed by atoms with E-state index in [-0.39, 0.29) is 41.0 Å².